The maximum Gasteiger partial charge on any atom is -0.0119 e. The van der Waals surface area contributed by atoms with Crippen LogP contribution in [0.2, 0.25) is 0 Å². The summed E-state index contributed by atoms with van der Waals surface area (Å²) in [5.74, 6) is 0. The number of hydrogen-bond donors (Lipinski definition) is 0. The van der Waals surface area contributed by atoms with E-state index >= 15 is 0 Å². The monoisotopic (exact) mass is 168 g/mol. The average molecular weight is 168 g/mol. The molecule has 0 fully saturated rings. The molecule has 13 heavy (non-hydrogen) atoms. The van der Waals surface area contributed by atoms with Crippen LogP contribution >= 0.6 is 0 Å². The first-order valence-electron chi connectivity index (χ1n) is 4.48. The Balaban J connectivity index is 3.04. The standard InChI is InChI=1S/C13H12/c1-10-6-3-4-8-12-9-5-7-11(2)13(10)12/h4-9H,1-2H3. The minimum atomic E-state index is 1.29. The van der Waals surface area contributed by atoms with Gasteiger partial charge in [0.25, 0.3) is 0 Å². The van der Waals surface area contributed by atoms with Gasteiger partial charge in [-0.25, -0.2) is 0 Å². The summed E-state index contributed by atoms with van der Waals surface area (Å²) in [4.78, 5) is 0. The summed E-state index contributed by atoms with van der Waals surface area (Å²) >= 11 is 0. The molecule has 64 valence electrons. The third-order valence-electron chi connectivity index (χ3n) is 2.36. The molecule has 1 aliphatic rings. The van der Waals surface area contributed by atoms with Crippen molar-refractivity contribution in [1.29, 1.82) is 0 Å². The fourth-order valence-corrected chi connectivity index (χ4v) is 1.75. The van der Waals surface area contributed by atoms with Gasteiger partial charge in [-0.05, 0) is 53.6 Å². The van der Waals surface area contributed by atoms with Crippen LogP contribution in [0.3, 0.4) is 0 Å². The van der Waals surface area contributed by atoms with Crippen LogP contribution in [-0.4, -0.2) is 0 Å². The molecule has 0 atom stereocenters. The number of aryl methyl sites for hydroxylation is 1. The predicted molar refractivity (Wildman–Crippen MR) is 56.6 cm³/mol. The van der Waals surface area contributed by atoms with E-state index in [1.54, 1.807) is 0 Å². The molecule has 0 saturated carbocycles. The first kappa shape index (κ1) is 8.10. The van der Waals surface area contributed by atoms with Gasteiger partial charge in [-0.3, -0.25) is 0 Å². The van der Waals surface area contributed by atoms with Crippen molar-refractivity contribution in [3.8, 4) is 0 Å². The van der Waals surface area contributed by atoms with Gasteiger partial charge < -0.3 is 0 Å². The summed E-state index contributed by atoms with van der Waals surface area (Å²) in [6, 6.07) is 6.38. The normalized spacial score (nSPS) is 13.5. The van der Waals surface area contributed by atoms with Crippen molar-refractivity contribution in [2.24, 2.45) is 0 Å². The van der Waals surface area contributed by atoms with Crippen molar-refractivity contribution < 1.29 is 0 Å². The molecule has 0 radical (unpaired) electrons. The lowest BCUT2D eigenvalue weighted by Crippen LogP contribution is -2.28. The molecular formula is C13H12. The molecular weight excluding hydrogens is 156 g/mol. The first-order valence-corrected chi connectivity index (χ1v) is 4.48. The summed E-state index contributed by atoms with van der Waals surface area (Å²) in [6.07, 6.45) is 6.11. The number of benzene rings is 1. The summed E-state index contributed by atoms with van der Waals surface area (Å²) < 4.78 is 0. The predicted octanol–water partition coefficient (Wildman–Crippen LogP) is 1.67. The van der Waals surface area contributed by atoms with E-state index in [1.807, 2.05) is 12.2 Å². The molecule has 0 unspecified atom stereocenters. The highest BCUT2D eigenvalue weighted by Crippen LogP contribution is 1.95. The second-order valence-electron chi connectivity index (χ2n) is 3.37. The fourth-order valence-electron chi connectivity index (χ4n) is 1.75. The van der Waals surface area contributed by atoms with Crippen LogP contribution in [0, 0.1) is 6.92 Å². The van der Waals surface area contributed by atoms with Gasteiger partial charge in [0.05, 0.1) is 0 Å². The second kappa shape index (κ2) is 3.08. The van der Waals surface area contributed by atoms with E-state index in [2.05, 4.69) is 43.9 Å². The van der Waals surface area contributed by atoms with Gasteiger partial charge in [0, 0.05) is 0 Å². The zero-order valence-electron chi connectivity index (χ0n) is 7.96. The van der Waals surface area contributed by atoms with E-state index in [0.29, 0.717) is 0 Å². The molecule has 0 heterocycles. The lowest BCUT2D eigenvalue weighted by Gasteiger charge is -1.97. The van der Waals surface area contributed by atoms with E-state index in [4.69, 9.17) is 0 Å². The molecule has 2 rings (SSSR count). The summed E-state index contributed by atoms with van der Waals surface area (Å²) in [7, 11) is 0. The van der Waals surface area contributed by atoms with Gasteiger partial charge in [-0.2, -0.15) is 0 Å². The molecule has 0 aliphatic heterocycles. The summed E-state index contributed by atoms with van der Waals surface area (Å²) in [5, 5.41) is 2.64. The van der Waals surface area contributed by atoms with E-state index in [9.17, 15) is 0 Å². The molecule has 0 saturated heterocycles. The van der Waals surface area contributed by atoms with Crippen LogP contribution in [0.25, 0.3) is 11.6 Å². The van der Waals surface area contributed by atoms with Crippen molar-refractivity contribution >= 4 is 11.6 Å². The minimum absolute atomic E-state index is 1.29. The van der Waals surface area contributed by atoms with E-state index in [1.165, 1.54) is 21.6 Å². The molecule has 0 spiro atoms. The summed E-state index contributed by atoms with van der Waals surface area (Å²) in [6.45, 7) is 4.28. The SMILES string of the molecule is CC1=c2c(C)cccc2=CC=C=C1. The van der Waals surface area contributed by atoms with Gasteiger partial charge in [0.2, 0.25) is 0 Å². The Morgan fingerprint density at radius 3 is 2.85 bits per heavy atom. The quantitative estimate of drug-likeness (QED) is 0.517. The van der Waals surface area contributed by atoms with Crippen LogP contribution < -0.4 is 10.4 Å². The van der Waals surface area contributed by atoms with Crippen LogP contribution in [0.5, 0.6) is 0 Å². The van der Waals surface area contributed by atoms with Crippen LogP contribution in [0.4, 0.5) is 0 Å². The lowest BCUT2D eigenvalue weighted by molar-refractivity contribution is 1.35. The number of hydrogen-bond acceptors (Lipinski definition) is 0. The Morgan fingerprint density at radius 1 is 1.15 bits per heavy atom. The third kappa shape index (κ3) is 1.37. The lowest BCUT2D eigenvalue weighted by atomic mass is 10.1. The van der Waals surface area contributed by atoms with E-state index < -0.39 is 0 Å². The Hall–Kier alpha value is -1.52. The molecule has 1 aromatic carbocycles. The topological polar surface area (TPSA) is 0 Å². The Kier molecular flexibility index (Phi) is 1.92. The highest BCUT2D eigenvalue weighted by Gasteiger charge is 1.94. The molecule has 1 aliphatic carbocycles. The molecule has 0 N–H and O–H groups in total. The van der Waals surface area contributed by atoms with E-state index in [-0.39, 0.29) is 0 Å². The second-order valence-corrected chi connectivity index (χ2v) is 3.37. The van der Waals surface area contributed by atoms with Crippen LogP contribution in [0.15, 0.2) is 36.1 Å². The van der Waals surface area contributed by atoms with Crippen molar-refractivity contribution in [1.82, 2.24) is 0 Å². The van der Waals surface area contributed by atoms with Gasteiger partial charge in [-0.15, -0.1) is 5.73 Å². The highest BCUT2D eigenvalue weighted by atomic mass is 14.0. The largest absolute Gasteiger partial charge is 0.121 e. The Morgan fingerprint density at radius 2 is 2.00 bits per heavy atom. The zero-order chi connectivity index (χ0) is 9.26. The average Bonchev–Trinajstić information content (AvgIpc) is 2.29. The maximum atomic E-state index is 3.13. The number of fused-ring (bicyclic) bond motifs is 1. The molecule has 1 aromatic rings. The fraction of sp³-hybridized carbons (Fsp3) is 0.154. The minimum Gasteiger partial charge on any atom is -0.121 e. The first-order chi connectivity index (χ1) is 6.29. The maximum absolute atomic E-state index is 3.13. The molecule has 0 amide bonds. The van der Waals surface area contributed by atoms with Crippen molar-refractivity contribution in [3.05, 3.63) is 52.1 Å². The van der Waals surface area contributed by atoms with Gasteiger partial charge in [0.1, 0.15) is 0 Å². The molecule has 0 nitrogen and oxygen atoms in total. The molecule has 0 bridgehead atoms. The highest BCUT2D eigenvalue weighted by molar-refractivity contribution is 5.59. The van der Waals surface area contributed by atoms with Crippen molar-refractivity contribution in [2.45, 2.75) is 13.8 Å². The van der Waals surface area contributed by atoms with Gasteiger partial charge >= 0.3 is 0 Å². The molecule has 0 heteroatoms. The number of allylic oxidation sites excluding steroid dienone is 1. The summed E-state index contributed by atoms with van der Waals surface area (Å²) in [5.41, 5.74) is 5.75. The Bertz CT molecular complexity index is 509. The smallest absolute Gasteiger partial charge is 0.0119 e. The van der Waals surface area contributed by atoms with Gasteiger partial charge in [-0.1, -0.05) is 18.2 Å². The van der Waals surface area contributed by atoms with Crippen molar-refractivity contribution in [3.63, 3.8) is 0 Å². The number of rotatable bonds is 0. The van der Waals surface area contributed by atoms with Gasteiger partial charge in [0.15, 0.2) is 0 Å². The third-order valence-corrected chi connectivity index (χ3v) is 2.36. The van der Waals surface area contributed by atoms with Crippen LogP contribution in [0.1, 0.15) is 12.5 Å². The van der Waals surface area contributed by atoms with Crippen molar-refractivity contribution in [2.75, 3.05) is 0 Å². The zero-order valence-corrected chi connectivity index (χ0v) is 7.96. The van der Waals surface area contributed by atoms with Crippen LogP contribution in [-0.2, 0) is 0 Å². The molecule has 0 aromatic heterocycles. The van der Waals surface area contributed by atoms with E-state index in [0.717, 1.165) is 0 Å². The Labute approximate surface area is 78.2 Å².